The topological polar surface area (TPSA) is 75.9 Å². The molecule has 0 unspecified atom stereocenters. The summed E-state index contributed by atoms with van der Waals surface area (Å²) in [6.45, 7) is 6.61. The molecule has 27 heavy (non-hydrogen) atoms. The van der Waals surface area contributed by atoms with Crippen LogP contribution in [0.5, 0.6) is 0 Å². The lowest BCUT2D eigenvalue weighted by Gasteiger charge is -2.31. The van der Waals surface area contributed by atoms with Gasteiger partial charge in [-0.2, -0.15) is 0 Å². The fraction of sp³-hybridized carbons (Fsp3) is 1.00. The van der Waals surface area contributed by atoms with E-state index in [1.54, 1.807) is 0 Å². The highest BCUT2D eigenvalue weighted by Gasteiger charge is 2.32. The highest BCUT2D eigenvalue weighted by Crippen LogP contribution is 2.26. The van der Waals surface area contributed by atoms with Crippen LogP contribution in [-0.4, -0.2) is 75.4 Å². The number of rotatable bonds is 13. The van der Waals surface area contributed by atoms with Gasteiger partial charge in [0.05, 0.1) is 18.5 Å². The molecule has 1 heterocycles. The van der Waals surface area contributed by atoms with Crippen LogP contribution in [-0.2, 0) is 14.8 Å². The molecule has 160 valence electrons. The van der Waals surface area contributed by atoms with Crippen molar-refractivity contribution < 1.29 is 13.2 Å². The first-order valence-corrected chi connectivity index (χ1v) is 12.6. The van der Waals surface area contributed by atoms with E-state index >= 15 is 0 Å². The number of ether oxygens (including phenoxy) is 1. The standard InChI is InChI=1S/C20H41N3O3S/c21-12-7-2-1-3-8-14-23(15-9-13-22-16-18-26-19-17-22)27(24,25)20-10-5-4-6-11-20/h20H,1-19,21H2. The molecule has 1 saturated carbocycles. The smallest absolute Gasteiger partial charge is 0.216 e. The summed E-state index contributed by atoms with van der Waals surface area (Å²) in [4.78, 5) is 2.39. The fourth-order valence-electron chi connectivity index (χ4n) is 4.20. The second-order valence-electron chi connectivity index (χ2n) is 8.07. The van der Waals surface area contributed by atoms with Gasteiger partial charge in [0.1, 0.15) is 0 Å². The molecule has 0 bridgehead atoms. The lowest BCUT2D eigenvalue weighted by atomic mass is 10.0. The van der Waals surface area contributed by atoms with Crippen LogP contribution in [0.1, 0.15) is 70.6 Å². The van der Waals surface area contributed by atoms with Crippen molar-refractivity contribution in [3.8, 4) is 0 Å². The first kappa shape index (κ1) is 23.1. The molecular weight excluding hydrogens is 362 g/mol. The van der Waals surface area contributed by atoms with Gasteiger partial charge in [0.2, 0.25) is 10.0 Å². The molecule has 2 rings (SSSR count). The molecule has 2 N–H and O–H groups in total. The van der Waals surface area contributed by atoms with Gasteiger partial charge in [-0.05, 0) is 45.2 Å². The van der Waals surface area contributed by atoms with E-state index in [4.69, 9.17) is 10.5 Å². The lowest BCUT2D eigenvalue weighted by Crippen LogP contribution is -2.42. The van der Waals surface area contributed by atoms with Crippen molar-refractivity contribution in [2.24, 2.45) is 5.73 Å². The van der Waals surface area contributed by atoms with Gasteiger partial charge < -0.3 is 10.5 Å². The Bertz CT molecular complexity index is 475. The predicted molar refractivity (Wildman–Crippen MR) is 111 cm³/mol. The summed E-state index contributed by atoms with van der Waals surface area (Å²) in [5, 5.41) is -0.146. The first-order chi connectivity index (χ1) is 13.1. The summed E-state index contributed by atoms with van der Waals surface area (Å²) in [6.07, 6.45) is 11.4. The summed E-state index contributed by atoms with van der Waals surface area (Å²) in [5.41, 5.74) is 5.55. The molecule has 1 aliphatic heterocycles. The van der Waals surface area contributed by atoms with E-state index in [-0.39, 0.29) is 5.25 Å². The minimum Gasteiger partial charge on any atom is -0.379 e. The van der Waals surface area contributed by atoms with Gasteiger partial charge in [0, 0.05) is 26.2 Å². The summed E-state index contributed by atoms with van der Waals surface area (Å²) in [5.74, 6) is 0. The molecule has 0 aromatic heterocycles. The zero-order valence-corrected chi connectivity index (χ0v) is 17.9. The van der Waals surface area contributed by atoms with Crippen LogP contribution in [0.25, 0.3) is 0 Å². The maximum atomic E-state index is 13.2. The van der Waals surface area contributed by atoms with E-state index in [0.717, 1.165) is 104 Å². The summed E-state index contributed by atoms with van der Waals surface area (Å²) in [6, 6.07) is 0. The number of hydrogen-bond donors (Lipinski definition) is 1. The minimum atomic E-state index is -3.15. The molecule has 2 fully saturated rings. The van der Waals surface area contributed by atoms with E-state index in [0.29, 0.717) is 13.1 Å². The van der Waals surface area contributed by atoms with Gasteiger partial charge in [-0.1, -0.05) is 38.5 Å². The van der Waals surface area contributed by atoms with Gasteiger partial charge in [-0.3, -0.25) is 4.90 Å². The Hall–Kier alpha value is -0.210. The Kier molecular flexibility index (Phi) is 11.2. The first-order valence-electron chi connectivity index (χ1n) is 11.1. The summed E-state index contributed by atoms with van der Waals surface area (Å²) >= 11 is 0. The van der Waals surface area contributed by atoms with E-state index in [9.17, 15) is 8.42 Å². The molecular formula is C20H41N3O3S. The van der Waals surface area contributed by atoms with Crippen molar-refractivity contribution in [3.05, 3.63) is 0 Å². The van der Waals surface area contributed by atoms with Crippen molar-refractivity contribution in [1.29, 1.82) is 0 Å². The fourth-order valence-corrected chi connectivity index (χ4v) is 6.32. The summed E-state index contributed by atoms with van der Waals surface area (Å²) < 4.78 is 33.6. The third-order valence-electron chi connectivity index (χ3n) is 5.93. The molecule has 0 aromatic carbocycles. The van der Waals surface area contributed by atoms with E-state index < -0.39 is 10.0 Å². The molecule has 0 atom stereocenters. The van der Waals surface area contributed by atoms with Crippen LogP contribution in [0.2, 0.25) is 0 Å². The van der Waals surface area contributed by atoms with Crippen molar-refractivity contribution in [3.63, 3.8) is 0 Å². The second-order valence-corrected chi connectivity index (χ2v) is 10.3. The van der Waals surface area contributed by atoms with Crippen LogP contribution in [0.3, 0.4) is 0 Å². The third kappa shape index (κ3) is 8.36. The number of morpholine rings is 1. The quantitative estimate of drug-likeness (QED) is 0.478. The van der Waals surface area contributed by atoms with Crippen LogP contribution in [0.15, 0.2) is 0 Å². The van der Waals surface area contributed by atoms with Gasteiger partial charge in [-0.15, -0.1) is 0 Å². The van der Waals surface area contributed by atoms with Crippen molar-refractivity contribution >= 4 is 10.0 Å². The van der Waals surface area contributed by atoms with Crippen molar-refractivity contribution in [1.82, 2.24) is 9.21 Å². The van der Waals surface area contributed by atoms with E-state index in [2.05, 4.69) is 4.90 Å². The Balaban J connectivity index is 1.82. The average molecular weight is 404 g/mol. The van der Waals surface area contributed by atoms with Crippen LogP contribution < -0.4 is 5.73 Å². The van der Waals surface area contributed by atoms with E-state index in [1.165, 1.54) is 6.42 Å². The number of sulfonamides is 1. The number of nitrogens with zero attached hydrogens (tertiary/aromatic N) is 2. The van der Waals surface area contributed by atoms with Crippen LogP contribution in [0, 0.1) is 0 Å². The monoisotopic (exact) mass is 403 g/mol. The van der Waals surface area contributed by atoms with Crippen molar-refractivity contribution in [2.75, 3.05) is 52.5 Å². The summed E-state index contributed by atoms with van der Waals surface area (Å²) in [7, 11) is -3.15. The highest BCUT2D eigenvalue weighted by molar-refractivity contribution is 7.89. The average Bonchev–Trinajstić information content (AvgIpc) is 2.70. The van der Waals surface area contributed by atoms with Crippen molar-refractivity contribution in [2.45, 2.75) is 75.9 Å². The Morgan fingerprint density at radius 1 is 0.889 bits per heavy atom. The maximum absolute atomic E-state index is 13.2. The molecule has 7 heteroatoms. The zero-order valence-electron chi connectivity index (χ0n) is 17.1. The Morgan fingerprint density at radius 2 is 1.52 bits per heavy atom. The Morgan fingerprint density at radius 3 is 2.22 bits per heavy atom. The second kappa shape index (κ2) is 13.1. The van der Waals surface area contributed by atoms with Gasteiger partial charge >= 0.3 is 0 Å². The third-order valence-corrected chi connectivity index (χ3v) is 8.33. The van der Waals surface area contributed by atoms with Gasteiger partial charge in [0.15, 0.2) is 0 Å². The highest BCUT2D eigenvalue weighted by atomic mass is 32.2. The van der Waals surface area contributed by atoms with Crippen LogP contribution in [0.4, 0.5) is 0 Å². The SMILES string of the molecule is NCCCCCCCN(CCCN1CCOCC1)S(=O)(=O)C1CCCCC1. The maximum Gasteiger partial charge on any atom is 0.216 e. The molecule has 2 aliphatic rings. The molecule has 0 aromatic rings. The van der Waals surface area contributed by atoms with Gasteiger partial charge in [-0.25, -0.2) is 12.7 Å². The van der Waals surface area contributed by atoms with Crippen LogP contribution >= 0.6 is 0 Å². The molecule has 1 saturated heterocycles. The molecule has 0 radical (unpaired) electrons. The molecule has 0 amide bonds. The minimum absolute atomic E-state index is 0.146. The zero-order chi connectivity index (χ0) is 19.4. The van der Waals surface area contributed by atoms with Gasteiger partial charge in [0.25, 0.3) is 0 Å². The molecule has 1 aliphatic carbocycles. The molecule has 0 spiro atoms. The predicted octanol–water partition coefficient (Wildman–Crippen LogP) is 2.58. The largest absolute Gasteiger partial charge is 0.379 e. The number of nitrogens with two attached hydrogens (primary N) is 1. The normalized spacial score (nSPS) is 20.4. The number of unbranched alkanes of at least 4 members (excludes halogenated alkanes) is 4. The molecule has 6 nitrogen and oxygen atoms in total. The lowest BCUT2D eigenvalue weighted by molar-refractivity contribution is 0.0369. The van der Waals surface area contributed by atoms with E-state index in [1.807, 2.05) is 4.31 Å². The number of hydrogen-bond acceptors (Lipinski definition) is 5. The Labute approximate surface area is 166 Å².